The first-order valence-corrected chi connectivity index (χ1v) is 6.66. The third-order valence-electron chi connectivity index (χ3n) is 3.04. The summed E-state index contributed by atoms with van der Waals surface area (Å²) >= 11 is 0. The molecule has 0 aliphatic heterocycles. The first kappa shape index (κ1) is 13.9. The SMILES string of the molecule is Cc1cc(C)n(Cc2occc2CNC(C)(C)C)n1. The summed E-state index contributed by atoms with van der Waals surface area (Å²) in [7, 11) is 0. The summed E-state index contributed by atoms with van der Waals surface area (Å²) in [4.78, 5) is 0. The highest BCUT2D eigenvalue weighted by Gasteiger charge is 2.13. The van der Waals surface area contributed by atoms with Crippen LogP contribution >= 0.6 is 0 Å². The van der Waals surface area contributed by atoms with E-state index in [9.17, 15) is 0 Å². The lowest BCUT2D eigenvalue weighted by Crippen LogP contribution is -2.35. The van der Waals surface area contributed by atoms with Crippen LogP contribution in [0.5, 0.6) is 0 Å². The zero-order valence-corrected chi connectivity index (χ0v) is 12.4. The standard InChI is InChI=1S/C15H23N3O/c1-11-8-12(2)18(17-11)10-14-13(6-7-19-14)9-16-15(3,4)5/h6-8,16H,9-10H2,1-5H3. The molecule has 0 spiro atoms. The Balaban J connectivity index is 2.09. The molecular formula is C15H23N3O. The van der Waals surface area contributed by atoms with E-state index < -0.39 is 0 Å². The highest BCUT2D eigenvalue weighted by atomic mass is 16.3. The summed E-state index contributed by atoms with van der Waals surface area (Å²) in [6, 6.07) is 4.11. The van der Waals surface area contributed by atoms with Gasteiger partial charge in [0.25, 0.3) is 0 Å². The third-order valence-corrected chi connectivity index (χ3v) is 3.04. The Bertz CT molecular complexity index is 546. The van der Waals surface area contributed by atoms with Gasteiger partial charge in [0, 0.05) is 23.3 Å². The molecule has 0 amide bonds. The summed E-state index contributed by atoms with van der Waals surface area (Å²) in [5.74, 6) is 0.975. The molecule has 2 heterocycles. The van der Waals surface area contributed by atoms with Gasteiger partial charge >= 0.3 is 0 Å². The summed E-state index contributed by atoms with van der Waals surface area (Å²) in [6.07, 6.45) is 1.75. The van der Waals surface area contributed by atoms with Crippen molar-refractivity contribution < 1.29 is 4.42 Å². The molecule has 0 radical (unpaired) electrons. The molecule has 2 rings (SSSR count). The van der Waals surface area contributed by atoms with Crippen LogP contribution in [-0.4, -0.2) is 15.3 Å². The Morgan fingerprint density at radius 2 is 2.05 bits per heavy atom. The molecule has 19 heavy (non-hydrogen) atoms. The highest BCUT2D eigenvalue weighted by molar-refractivity contribution is 5.18. The third kappa shape index (κ3) is 3.70. The van der Waals surface area contributed by atoms with Crippen LogP contribution in [0.4, 0.5) is 0 Å². The van der Waals surface area contributed by atoms with Crippen molar-refractivity contribution in [2.45, 2.75) is 53.2 Å². The van der Waals surface area contributed by atoms with Crippen molar-refractivity contribution in [3.63, 3.8) is 0 Å². The Kier molecular flexibility index (Phi) is 3.80. The number of rotatable bonds is 4. The Hall–Kier alpha value is -1.55. The second kappa shape index (κ2) is 5.21. The largest absolute Gasteiger partial charge is 0.467 e. The fourth-order valence-electron chi connectivity index (χ4n) is 1.99. The van der Waals surface area contributed by atoms with Gasteiger partial charge < -0.3 is 9.73 Å². The van der Waals surface area contributed by atoms with Gasteiger partial charge in [-0.1, -0.05) is 0 Å². The van der Waals surface area contributed by atoms with Crippen molar-refractivity contribution >= 4 is 0 Å². The maximum absolute atomic E-state index is 5.60. The van der Waals surface area contributed by atoms with Crippen LogP contribution < -0.4 is 5.32 Å². The number of hydrogen-bond acceptors (Lipinski definition) is 3. The van der Waals surface area contributed by atoms with E-state index in [0.717, 1.165) is 23.7 Å². The molecule has 104 valence electrons. The molecule has 0 aliphatic rings. The summed E-state index contributed by atoms with van der Waals surface area (Å²) in [5.41, 5.74) is 3.50. The first-order valence-electron chi connectivity index (χ1n) is 6.66. The van der Waals surface area contributed by atoms with E-state index in [4.69, 9.17) is 4.42 Å². The van der Waals surface area contributed by atoms with Crippen LogP contribution in [0, 0.1) is 13.8 Å². The quantitative estimate of drug-likeness (QED) is 0.920. The zero-order valence-electron chi connectivity index (χ0n) is 12.4. The van der Waals surface area contributed by atoms with Crippen LogP contribution in [0.1, 0.15) is 43.5 Å². The van der Waals surface area contributed by atoms with Crippen LogP contribution in [0.15, 0.2) is 22.8 Å². The molecule has 4 nitrogen and oxygen atoms in total. The van der Waals surface area contributed by atoms with Gasteiger partial charge in [0.2, 0.25) is 0 Å². The molecule has 0 aliphatic carbocycles. The minimum atomic E-state index is 0.104. The second-order valence-electron chi connectivity index (χ2n) is 6.06. The molecule has 0 saturated heterocycles. The second-order valence-corrected chi connectivity index (χ2v) is 6.06. The van der Waals surface area contributed by atoms with Gasteiger partial charge in [0.05, 0.1) is 18.5 Å². The lowest BCUT2D eigenvalue weighted by Gasteiger charge is -2.20. The Morgan fingerprint density at radius 1 is 1.32 bits per heavy atom. The number of aryl methyl sites for hydroxylation is 2. The maximum atomic E-state index is 5.60. The number of nitrogens with zero attached hydrogens (tertiary/aromatic N) is 2. The summed E-state index contributed by atoms with van der Waals surface area (Å²) in [6.45, 7) is 12.1. The van der Waals surface area contributed by atoms with Gasteiger partial charge in [0.1, 0.15) is 5.76 Å². The molecule has 4 heteroatoms. The van der Waals surface area contributed by atoms with Crippen molar-refractivity contribution in [3.8, 4) is 0 Å². The lowest BCUT2D eigenvalue weighted by atomic mass is 10.1. The van der Waals surface area contributed by atoms with Crippen molar-refractivity contribution in [3.05, 3.63) is 41.1 Å². The Labute approximate surface area is 114 Å². The van der Waals surface area contributed by atoms with Crippen LogP contribution in [0.25, 0.3) is 0 Å². The minimum absolute atomic E-state index is 0.104. The van der Waals surface area contributed by atoms with E-state index in [1.807, 2.05) is 17.7 Å². The molecule has 2 aromatic rings. The predicted molar refractivity (Wildman–Crippen MR) is 76.1 cm³/mol. The average Bonchev–Trinajstić information content (AvgIpc) is 2.83. The molecule has 0 atom stereocenters. The van der Waals surface area contributed by atoms with E-state index in [0.29, 0.717) is 6.54 Å². The van der Waals surface area contributed by atoms with Gasteiger partial charge in [-0.3, -0.25) is 4.68 Å². The Morgan fingerprint density at radius 3 is 2.63 bits per heavy atom. The van der Waals surface area contributed by atoms with Crippen LogP contribution in [0.2, 0.25) is 0 Å². The minimum Gasteiger partial charge on any atom is -0.467 e. The predicted octanol–water partition coefficient (Wildman–Crippen LogP) is 3.03. The number of aromatic nitrogens is 2. The number of hydrogen-bond donors (Lipinski definition) is 1. The normalized spacial score (nSPS) is 12.1. The lowest BCUT2D eigenvalue weighted by molar-refractivity contribution is 0.415. The van der Waals surface area contributed by atoms with Crippen molar-refractivity contribution in [2.24, 2.45) is 0 Å². The van der Waals surface area contributed by atoms with Crippen molar-refractivity contribution in [1.29, 1.82) is 0 Å². The maximum Gasteiger partial charge on any atom is 0.129 e. The van der Waals surface area contributed by atoms with Gasteiger partial charge in [-0.15, -0.1) is 0 Å². The van der Waals surface area contributed by atoms with Crippen molar-refractivity contribution in [1.82, 2.24) is 15.1 Å². The summed E-state index contributed by atoms with van der Waals surface area (Å²) in [5, 5.41) is 7.95. The topological polar surface area (TPSA) is 43.0 Å². The fourth-order valence-corrected chi connectivity index (χ4v) is 1.99. The van der Waals surface area contributed by atoms with Gasteiger partial charge in [0.15, 0.2) is 0 Å². The molecular weight excluding hydrogens is 238 g/mol. The molecule has 0 fully saturated rings. The van der Waals surface area contributed by atoms with E-state index in [2.05, 4.69) is 44.2 Å². The average molecular weight is 261 g/mol. The molecule has 2 aromatic heterocycles. The smallest absolute Gasteiger partial charge is 0.129 e. The van der Waals surface area contributed by atoms with E-state index in [1.54, 1.807) is 6.26 Å². The highest BCUT2D eigenvalue weighted by Crippen LogP contribution is 2.15. The number of nitrogens with one attached hydrogen (secondary N) is 1. The monoisotopic (exact) mass is 261 g/mol. The van der Waals surface area contributed by atoms with Gasteiger partial charge in [-0.05, 0) is 46.8 Å². The van der Waals surface area contributed by atoms with Gasteiger partial charge in [-0.25, -0.2) is 0 Å². The summed E-state index contributed by atoms with van der Waals surface area (Å²) < 4.78 is 7.58. The first-order chi connectivity index (χ1) is 8.85. The molecule has 1 N–H and O–H groups in total. The van der Waals surface area contributed by atoms with E-state index in [-0.39, 0.29) is 5.54 Å². The molecule has 0 bridgehead atoms. The zero-order chi connectivity index (χ0) is 14.0. The van der Waals surface area contributed by atoms with E-state index >= 15 is 0 Å². The van der Waals surface area contributed by atoms with Crippen LogP contribution in [0.3, 0.4) is 0 Å². The number of furan rings is 1. The molecule has 0 saturated carbocycles. The van der Waals surface area contributed by atoms with Crippen molar-refractivity contribution in [2.75, 3.05) is 0 Å². The molecule has 0 unspecified atom stereocenters. The van der Waals surface area contributed by atoms with E-state index in [1.165, 1.54) is 5.56 Å². The van der Waals surface area contributed by atoms with Crippen LogP contribution in [-0.2, 0) is 13.1 Å². The fraction of sp³-hybridized carbons (Fsp3) is 0.533. The van der Waals surface area contributed by atoms with Gasteiger partial charge in [-0.2, -0.15) is 5.10 Å². The molecule has 0 aromatic carbocycles.